The number of benzene rings is 1. The van der Waals surface area contributed by atoms with Crippen molar-refractivity contribution in [3.8, 4) is 5.88 Å². The molecule has 2 aromatic heterocycles. The number of Topliss-reactive ketones (excluding diaryl/α,β-unsaturated/α-hetero) is 1. The average Bonchev–Trinajstić information content (AvgIpc) is 3.04. The van der Waals surface area contributed by atoms with Crippen molar-refractivity contribution >= 4 is 52.1 Å². The summed E-state index contributed by atoms with van der Waals surface area (Å²) in [5.41, 5.74) is 7.02. The zero-order chi connectivity index (χ0) is 22.7. The van der Waals surface area contributed by atoms with Crippen LogP contribution in [-0.2, 0) is 27.4 Å². The fraction of sp³-hybridized carbons (Fsp3) is 0.250. The molecule has 11 heteroatoms. The Morgan fingerprint density at radius 1 is 1.26 bits per heavy atom. The molecule has 31 heavy (non-hydrogen) atoms. The number of nitrogens with zero attached hydrogens (tertiary/aromatic N) is 3. The molecule has 0 aliphatic rings. The highest BCUT2D eigenvalue weighted by Gasteiger charge is 2.30. The summed E-state index contributed by atoms with van der Waals surface area (Å²) in [4.78, 5) is 54.4. The number of rotatable bonds is 8. The fourth-order valence-electron chi connectivity index (χ4n) is 3.20. The quantitative estimate of drug-likeness (QED) is 0.135. The molecule has 162 valence electrons. The van der Waals surface area contributed by atoms with Gasteiger partial charge in [-0.05, 0) is 30.4 Å². The van der Waals surface area contributed by atoms with Crippen LogP contribution in [0.2, 0.25) is 5.02 Å². The molecule has 9 nitrogen and oxygen atoms in total. The second-order valence-corrected chi connectivity index (χ2v) is 7.67. The summed E-state index contributed by atoms with van der Waals surface area (Å²) in [6.45, 7) is 3.30. The Bertz CT molecular complexity index is 1190. The molecule has 0 radical (unpaired) electrons. The number of carbonyl (C=O) groups excluding carboxylic acids is 3. The van der Waals surface area contributed by atoms with Crippen molar-refractivity contribution in [2.24, 2.45) is 5.73 Å². The van der Waals surface area contributed by atoms with Gasteiger partial charge in [-0.15, -0.1) is 0 Å². The van der Waals surface area contributed by atoms with Crippen LogP contribution in [0.15, 0.2) is 29.4 Å². The molecule has 0 saturated carbocycles. The van der Waals surface area contributed by atoms with Gasteiger partial charge in [-0.25, -0.2) is 14.7 Å². The van der Waals surface area contributed by atoms with Gasteiger partial charge in [0.2, 0.25) is 0 Å². The van der Waals surface area contributed by atoms with Crippen molar-refractivity contribution in [2.75, 3.05) is 6.26 Å². The Hall–Kier alpha value is -3.11. The number of fused-ring (bicyclic) bond motifs is 1. The fourth-order valence-corrected chi connectivity index (χ4v) is 3.77. The van der Waals surface area contributed by atoms with Crippen molar-refractivity contribution in [3.63, 3.8) is 0 Å². The lowest BCUT2D eigenvalue weighted by molar-refractivity contribution is -0.212. The van der Waals surface area contributed by atoms with Gasteiger partial charge in [-0.2, -0.15) is 4.98 Å². The first-order valence-corrected chi connectivity index (χ1v) is 10.8. The van der Waals surface area contributed by atoms with Gasteiger partial charge < -0.3 is 10.3 Å². The summed E-state index contributed by atoms with van der Waals surface area (Å²) in [7, 11) is 0. The van der Waals surface area contributed by atoms with Crippen LogP contribution in [0.3, 0.4) is 0 Å². The molecule has 1 amide bonds. The Labute approximate surface area is 186 Å². The number of hydrogen-bond acceptors (Lipinski definition) is 8. The van der Waals surface area contributed by atoms with E-state index in [1.807, 2.05) is 19.1 Å². The van der Waals surface area contributed by atoms with E-state index in [4.69, 9.17) is 22.2 Å². The summed E-state index contributed by atoms with van der Waals surface area (Å²) in [6, 6.07) is 7.22. The van der Waals surface area contributed by atoms with Crippen molar-refractivity contribution in [3.05, 3.63) is 46.1 Å². The predicted molar refractivity (Wildman–Crippen MR) is 115 cm³/mol. The Morgan fingerprint density at radius 2 is 2.00 bits per heavy atom. The maximum absolute atomic E-state index is 12.8. The highest BCUT2D eigenvalue weighted by Crippen LogP contribution is 2.35. The number of hydrogen-bond donors (Lipinski definition) is 1. The molecule has 0 bridgehead atoms. The van der Waals surface area contributed by atoms with E-state index in [1.165, 1.54) is 11.8 Å². The second-order valence-electron chi connectivity index (χ2n) is 6.46. The number of ketones is 1. The minimum atomic E-state index is -1.14. The number of primary amides is 1. The third-order valence-electron chi connectivity index (χ3n) is 4.39. The molecule has 3 rings (SSSR count). The Balaban J connectivity index is 2.35. The number of carbonyl (C=O) groups is 3. The standard InChI is InChI=1S/C20H19ClN4O5S/c1-4-13-14(16(27)17(22)28)15-18(25(13)9-11-6-5-7-12(21)8-11)23-20(31-3)24-19(15)30-29-10(2)26/h5-8H,4,9H2,1-3H3,(H2,22,28). The average molecular weight is 463 g/mol. The van der Waals surface area contributed by atoms with Crippen LogP contribution in [0, 0.1) is 0 Å². The third kappa shape index (κ3) is 4.64. The van der Waals surface area contributed by atoms with Crippen molar-refractivity contribution in [2.45, 2.75) is 32.0 Å². The highest BCUT2D eigenvalue weighted by molar-refractivity contribution is 7.98. The van der Waals surface area contributed by atoms with Crippen LogP contribution in [0.5, 0.6) is 5.88 Å². The smallest absolute Gasteiger partial charge is 0.352 e. The van der Waals surface area contributed by atoms with E-state index in [9.17, 15) is 14.4 Å². The molecule has 0 atom stereocenters. The normalized spacial score (nSPS) is 10.8. The summed E-state index contributed by atoms with van der Waals surface area (Å²) < 4.78 is 1.78. The van der Waals surface area contributed by atoms with E-state index >= 15 is 0 Å². The minimum Gasteiger partial charge on any atom is -0.363 e. The maximum atomic E-state index is 12.8. The lowest BCUT2D eigenvalue weighted by Crippen LogP contribution is -2.24. The SMILES string of the molecule is CCc1c(C(=O)C(N)=O)c2c(OOC(C)=O)nc(SC)nc2n1Cc1cccc(Cl)c1. The molecule has 0 fully saturated rings. The van der Waals surface area contributed by atoms with E-state index in [-0.39, 0.29) is 16.8 Å². The lowest BCUT2D eigenvalue weighted by atomic mass is 10.1. The molecule has 0 unspecified atom stereocenters. The molecule has 0 aliphatic heterocycles. The van der Waals surface area contributed by atoms with Gasteiger partial charge in [0.1, 0.15) is 5.65 Å². The lowest BCUT2D eigenvalue weighted by Gasteiger charge is -2.11. The molecule has 0 saturated heterocycles. The minimum absolute atomic E-state index is 0.0156. The summed E-state index contributed by atoms with van der Waals surface area (Å²) in [6.07, 6.45) is 2.14. The second kappa shape index (κ2) is 9.36. The molecule has 3 aromatic rings. The van der Waals surface area contributed by atoms with Gasteiger partial charge in [0.05, 0.1) is 10.9 Å². The van der Waals surface area contributed by atoms with E-state index in [0.29, 0.717) is 34.5 Å². The van der Waals surface area contributed by atoms with E-state index < -0.39 is 17.7 Å². The van der Waals surface area contributed by atoms with Crippen LogP contribution < -0.4 is 10.6 Å². The number of thioether (sulfide) groups is 1. The van der Waals surface area contributed by atoms with Crippen LogP contribution >= 0.6 is 23.4 Å². The monoisotopic (exact) mass is 462 g/mol. The van der Waals surface area contributed by atoms with Crippen LogP contribution in [0.4, 0.5) is 0 Å². The molecule has 1 aromatic carbocycles. The van der Waals surface area contributed by atoms with E-state index in [0.717, 1.165) is 12.5 Å². The first-order valence-electron chi connectivity index (χ1n) is 9.17. The van der Waals surface area contributed by atoms with Gasteiger partial charge in [0, 0.05) is 24.2 Å². The number of aromatic nitrogens is 3. The van der Waals surface area contributed by atoms with Gasteiger partial charge in [0.15, 0.2) is 5.16 Å². The van der Waals surface area contributed by atoms with Crippen LogP contribution in [0.25, 0.3) is 11.0 Å². The maximum Gasteiger partial charge on any atom is 0.352 e. The zero-order valence-electron chi connectivity index (χ0n) is 17.0. The van der Waals surface area contributed by atoms with Crippen molar-refractivity contribution in [1.29, 1.82) is 0 Å². The molecule has 0 aliphatic carbocycles. The summed E-state index contributed by atoms with van der Waals surface area (Å²) in [5, 5.41) is 1.01. The Morgan fingerprint density at radius 3 is 2.58 bits per heavy atom. The largest absolute Gasteiger partial charge is 0.363 e. The van der Waals surface area contributed by atoms with Crippen molar-refractivity contribution in [1.82, 2.24) is 14.5 Å². The first-order chi connectivity index (χ1) is 14.8. The zero-order valence-corrected chi connectivity index (χ0v) is 18.5. The van der Waals surface area contributed by atoms with Crippen LogP contribution in [-0.4, -0.2) is 38.5 Å². The number of amides is 1. The summed E-state index contributed by atoms with van der Waals surface area (Å²) >= 11 is 7.36. The van der Waals surface area contributed by atoms with Gasteiger partial charge in [-0.1, -0.05) is 42.4 Å². The van der Waals surface area contributed by atoms with Crippen LogP contribution in [0.1, 0.15) is 35.5 Å². The number of nitrogens with two attached hydrogens (primary N) is 1. The van der Waals surface area contributed by atoms with E-state index in [1.54, 1.807) is 23.0 Å². The number of halogens is 1. The van der Waals surface area contributed by atoms with Crippen molar-refractivity contribution < 1.29 is 24.2 Å². The van der Waals surface area contributed by atoms with Gasteiger partial charge >= 0.3 is 5.97 Å². The first kappa shape index (κ1) is 22.6. The molecule has 2 N–H and O–H groups in total. The molecular weight excluding hydrogens is 444 g/mol. The highest BCUT2D eigenvalue weighted by atomic mass is 35.5. The van der Waals surface area contributed by atoms with Gasteiger partial charge in [-0.3, -0.25) is 14.5 Å². The predicted octanol–water partition coefficient (Wildman–Crippen LogP) is 2.94. The third-order valence-corrected chi connectivity index (χ3v) is 5.18. The van der Waals surface area contributed by atoms with E-state index in [2.05, 4.69) is 14.9 Å². The molecular formula is C20H19ClN4O5S. The van der Waals surface area contributed by atoms with Gasteiger partial charge in [0.25, 0.3) is 17.6 Å². The molecule has 0 spiro atoms. The molecule has 2 heterocycles. The Kier molecular flexibility index (Phi) is 6.81. The summed E-state index contributed by atoms with van der Waals surface area (Å²) in [5.74, 6) is -2.92. The topological polar surface area (TPSA) is 126 Å².